The van der Waals surface area contributed by atoms with Gasteiger partial charge in [0.2, 0.25) is 5.91 Å². The van der Waals surface area contributed by atoms with Crippen molar-refractivity contribution in [3.8, 4) is 5.75 Å². The summed E-state index contributed by atoms with van der Waals surface area (Å²) < 4.78 is 10.5. The van der Waals surface area contributed by atoms with E-state index in [0.29, 0.717) is 42.4 Å². The normalized spacial score (nSPS) is 10.1. The smallest absolute Gasteiger partial charge is 0.251 e. The predicted molar refractivity (Wildman–Crippen MR) is 115 cm³/mol. The molecule has 0 radical (unpaired) electrons. The van der Waals surface area contributed by atoms with Gasteiger partial charge in [-0.3, -0.25) is 9.59 Å². The molecule has 0 heterocycles. The molecule has 0 saturated carbocycles. The van der Waals surface area contributed by atoms with Gasteiger partial charge in [-0.1, -0.05) is 30.9 Å². The second kappa shape index (κ2) is 12.2. The Hall–Kier alpha value is -3.32. The second-order valence-electron chi connectivity index (χ2n) is 6.18. The van der Waals surface area contributed by atoms with Gasteiger partial charge in [0.05, 0.1) is 12.2 Å². The third-order valence-corrected chi connectivity index (χ3v) is 3.91. The first-order valence-electron chi connectivity index (χ1n) is 9.37. The van der Waals surface area contributed by atoms with Crippen LogP contribution in [0.2, 0.25) is 0 Å². The summed E-state index contributed by atoms with van der Waals surface area (Å²) >= 11 is 0. The van der Waals surface area contributed by atoms with Crippen LogP contribution in [0.4, 0.5) is 11.4 Å². The molecule has 3 N–H and O–H groups in total. The Morgan fingerprint density at radius 3 is 2.76 bits per heavy atom. The van der Waals surface area contributed by atoms with Crippen LogP contribution < -0.4 is 20.7 Å². The summed E-state index contributed by atoms with van der Waals surface area (Å²) in [5.74, 6) is 0.185. The summed E-state index contributed by atoms with van der Waals surface area (Å²) in [6.45, 7) is 5.16. The van der Waals surface area contributed by atoms with Gasteiger partial charge in [0, 0.05) is 31.5 Å². The topological polar surface area (TPSA) is 88.7 Å². The fraction of sp³-hybridized carbons (Fsp3) is 0.273. The van der Waals surface area contributed by atoms with Crippen LogP contribution in [0.25, 0.3) is 0 Å². The molecule has 2 rings (SSSR count). The highest BCUT2D eigenvalue weighted by molar-refractivity contribution is 5.96. The standard InChI is InChI=1S/C22H27N3O4/c1-3-13-29-20-11-5-4-10-19(20)25-21(26)16-24-18-9-6-8-17(15-18)22(27)23-12-7-14-28-2/h3-6,8-11,15,24H,1,7,12-14,16H2,2H3,(H,23,27)(H,25,26). The molecule has 0 saturated heterocycles. The largest absolute Gasteiger partial charge is 0.487 e. The van der Waals surface area contributed by atoms with Crippen LogP contribution in [0, 0.1) is 0 Å². The van der Waals surface area contributed by atoms with Crippen molar-refractivity contribution in [2.75, 3.05) is 44.0 Å². The Kier molecular flexibility index (Phi) is 9.24. The maximum absolute atomic E-state index is 12.3. The van der Waals surface area contributed by atoms with E-state index in [0.717, 1.165) is 6.42 Å². The van der Waals surface area contributed by atoms with Crippen LogP contribution in [0.15, 0.2) is 61.2 Å². The molecule has 2 amide bonds. The minimum absolute atomic E-state index is 0.0503. The molecule has 0 aromatic heterocycles. The Morgan fingerprint density at radius 1 is 1.14 bits per heavy atom. The molecule has 0 aliphatic rings. The van der Waals surface area contributed by atoms with Gasteiger partial charge in [-0.2, -0.15) is 0 Å². The van der Waals surface area contributed by atoms with Gasteiger partial charge in [0.25, 0.3) is 5.91 Å². The zero-order valence-electron chi connectivity index (χ0n) is 16.6. The molecular weight excluding hydrogens is 370 g/mol. The number of rotatable bonds is 12. The Bertz CT molecular complexity index is 823. The van der Waals surface area contributed by atoms with E-state index in [1.807, 2.05) is 12.1 Å². The lowest BCUT2D eigenvalue weighted by atomic mass is 10.2. The maximum atomic E-state index is 12.3. The van der Waals surface area contributed by atoms with Gasteiger partial charge in [-0.15, -0.1) is 0 Å². The highest BCUT2D eigenvalue weighted by Gasteiger charge is 2.09. The molecule has 2 aromatic carbocycles. The molecule has 2 aromatic rings. The van der Waals surface area contributed by atoms with Gasteiger partial charge in [0.1, 0.15) is 12.4 Å². The van der Waals surface area contributed by atoms with Gasteiger partial charge in [-0.25, -0.2) is 0 Å². The first-order chi connectivity index (χ1) is 14.1. The van der Waals surface area contributed by atoms with Crippen molar-refractivity contribution >= 4 is 23.2 Å². The zero-order chi connectivity index (χ0) is 20.9. The van der Waals surface area contributed by atoms with Crippen molar-refractivity contribution in [3.63, 3.8) is 0 Å². The Morgan fingerprint density at radius 2 is 1.97 bits per heavy atom. The summed E-state index contributed by atoms with van der Waals surface area (Å²) in [5.41, 5.74) is 1.79. The summed E-state index contributed by atoms with van der Waals surface area (Å²) in [6.07, 6.45) is 2.39. The van der Waals surface area contributed by atoms with E-state index >= 15 is 0 Å². The monoisotopic (exact) mass is 397 g/mol. The number of hydrogen-bond acceptors (Lipinski definition) is 5. The van der Waals surface area contributed by atoms with E-state index in [4.69, 9.17) is 9.47 Å². The quantitative estimate of drug-likeness (QED) is 0.378. The Labute approximate surface area is 171 Å². The van der Waals surface area contributed by atoms with Crippen LogP contribution in [-0.2, 0) is 9.53 Å². The van der Waals surface area contributed by atoms with Crippen molar-refractivity contribution < 1.29 is 19.1 Å². The van der Waals surface area contributed by atoms with Crippen LogP contribution in [0.3, 0.4) is 0 Å². The van der Waals surface area contributed by atoms with Crippen molar-refractivity contribution in [1.29, 1.82) is 0 Å². The SMILES string of the molecule is C=CCOc1ccccc1NC(=O)CNc1cccc(C(=O)NCCCOC)c1. The number of benzene rings is 2. The lowest BCUT2D eigenvalue weighted by Gasteiger charge is -2.12. The van der Waals surface area contributed by atoms with Crippen molar-refractivity contribution in [2.24, 2.45) is 0 Å². The fourth-order valence-electron chi connectivity index (χ4n) is 2.51. The third kappa shape index (κ3) is 7.67. The first kappa shape index (κ1) is 22.0. The number of amides is 2. The van der Waals surface area contributed by atoms with Crippen LogP contribution >= 0.6 is 0 Å². The Balaban J connectivity index is 1.87. The molecule has 154 valence electrons. The lowest BCUT2D eigenvalue weighted by molar-refractivity contribution is -0.114. The van der Waals surface area contributed by atoms with Gasteiger partial charge in [0.15, 0.2) is 0 Å². The zero-order valence-corrected chi connectivity index (χ0v) is 16.6. The number of ether oxygens (including phenoxy) is 2. The van der Waals surface area contributed by atoms with Gasteiger partial charge >= 0.3 is 0 Å². The molecule has 29 heavy (non-hydrogen) atoms. The number of carbonyl (C=O) groups excluding carboxylic acids is 2. The summed E-state index contributed by atoms with van der Waals surface area (Å²) in [4.78, 5) is 24.5. The second-order valence-corrected chi connectivity index (χ2v) is 6.18. The van der Waals surface area contributed by atoms with E-state index in [-0.39, 0.29) is 18.4 Å². The summed E-state index contributed by atoms with van der Waals surface area (Å²) in [5, 5.41) is 8.68. The molecule has 7 nitrogen and oxygen atoms in total. The van der Waals surface area contributed by atoms with Gasteiger partial charge < -0.3 is 25.4 Å². The van der Waals surface area contributed by atoms with Crippen LogP contribution in [0.1, 0.15) is 16.8 Å². The number of nitrogens with one attached hydrogen (secondary N) is 3. The van der Waals surface area contributed by atoms with E-state index < -0.39 is 0 Å². The average Bonchev–Trinajstić information content (AvgIpc) is 2.75. The summed E-state index contributed by atoms with van der Waals surface area (Å²) in [6, 6.07) is 14.2. The molecule has 0 atom stereocenters. The fourth-order valence-corrected chi connectivity index (χ4v) is 2.51. The maximum Gasteiger partial charge on any atom is 0.251 e. The minimum atomic E-state index is -0.228. The van der Waals surface area contributed by atoms with Crippen molar-refractivity contribution in [3.05, 3.63) is 66.7 Å². The van der Waals surface area contributed by atoms with E-state index in [2.05, 4.69) is 22.5 Å². The molecular formula is C22H27N3O4. The van der Waals surface area contributed by atoms with E-state index in [9.17, 15) is 9.59 Å². The van der Waals surface area contributed by atoms with Crippen molar-refractivity contribution in [1.82, 2.24) is 5.32 Å². The highest BCUT2D eigenvalue weighted by Crippen LogP contribution is 2.23. The van der Waals surface area contributed by atoms with E-state index in [1.54, 1.807) is 49.6 Å². The number of methoxy groups -OCH3 is 1. The predicted octanol–water partition coefficient (Wildman–Crippen LogP) is 3.07. The number of carbonyl (C=O) groups is 2. The molecule has 0 aliphatic heterocycles. The summed E-state index contributed by atoms with van der Waals surface area (Å²) in [7, 11) is 1.63. The number of anilines is 2. The van der Waals surface area contributed by atoms with E-state index in [1.165, 1.54) is 0 Å². The van der Waals surface area contributed by atoms with Crippen LogP contribution in [0.5, 0.6) is 5.75 Å². The molecule has 0 bridgehead atoms. The van der Waals surface area contributed by atoms with Crippen molar-refractivity contribution in [2.45, 2.75) is 6.42 Å². The van der Waals surface area contributed by atoms with Gasteiger partial charge in [-0.05, 0) is 36.8 Å². The molecule has 0 spiro atoms. The molecule has 0 aliphatic carbocycles. The average molecular weight is 397 g/mol. The number of para-hydroxylation sites is 2. The first-order valence-corrected chi connectivity index (χ1v) is 9.37. The highest BCUT2D eigenvalue weighted by atomic mass is 16.5. The molecule has 7 heteroatoms. The molecule has 0 unspecified atom stereocenters. The molecule has 0 fully saturated rings. The number of hydrogen-bond donors (Lipinski definition) is 3. The lowest BCUT2D eigenvalue weighted by Crippen LogP contribution is -2.25. The minimum Gasteiger partial charge on any atom is -0.487 e. The van der Waals surface area contributed by atoms with Crippen LogP contribution in [-0.4, -0.2) is 45.2 Å². The third-order valence-electron chi connectivity index (χ3n) is 3.91.